The normalized spacial score (nSPS) is 21.9. The summed E-state index contributed by atoms with van der Waals surface area (Å²) in [5.74, 6) is -5.34. The molecule has 0 radical (unpaired) electrons. The molecule has 248 valence electrons. The number of amides is 3. The van der Waals surface area contributed by atoms with Crippen LogP contribution in [0.5, 0.6) is 0 Å². The quantitative estimate of drug-likeness (QED) is 0.291. The average molecular weight is 643 g/mol. The van der Waals surface area contributed by atoms with Crippen molar-refractivity contribution < 1.29 is 32.6 Å². The smallest absolute Gasteiger partial charge is 0.268 e. The number of hydrogen-bond acceptors (Lipinski definition) is 9. The Kier molecular flexibility index (Phi) is 10.6. The van der Waals surface area contributed by atoms with Crippen LogP contribution in [0.2, 0.25) is 0 Å². The van der Waals surface area contributed by atoms with Gasteiger partial charge in [-0.3, -0.25) is 14.4 Å². The predicted molar refractivity (Wildman–Crippen MR) is 159 cm³/mol. The molecule has 2 fully saturated rings. The van der Waals surface area contributed by atoms with E-state index < -0.39 is 48.7 Å². The van der Waals surface area contributed by atoms with Crippen molar-refractivity contribution in [1.29, 1.82) is 5.26 Å². The maximum atomic E-state index is 13.9. The molecule has 0 aliphatic carbocycles. The number of halogens is 2. The molecule has 46 heavy (non-hydrogen) atoms. The summed E-state index contributed by atoms with van der Waals surface area (Å²) in [7, 11) is 0. The van der Waals surface area contributed by atoms with Crippen LogP contribution in [0.25, 0.3) is 0 Å². The highest BCUT2D eigenvalue weighted by molar-refractivity contribution is 5.94. The van der Waals surface area contributed by atoms with E-state index in [-0.39, 0.29) is 18.7 Å². The molecule has 3 atom stereocenters. The van der Waals surface area contributed by atoms with Crippen LogP contribution < -0.4 is 10.6 Å². The maximum Gasteiger partial charge on any atom is 0.268 e. The molecule has 3 amide bonds. The third-order valence-corrected chi connectivity index (χ3v) is 8.40. The Morgan fingerprint density at radius 2 is 2.02 bits per heavy atom. The van der Waals surface area contributed by atoms with Gasteiger partial charge in [0.15, 0.2) is 0 Å². The minimum absolute atomic E-state index is 0.0107. The molecular weight excluding hydrogens is 602 g/mol. The van der Waals surface area contributed by atoms with E-state index in [4.69, 9.17) is 9.47 Å². The van der Waals surface area contributed by atoms with Crippen molar-refractivity contribution in [3.8, 4) is 6.07 Å². The molecular formula is C31H40F2N8O5. The number of nitriles is 1. The van der Waals surface area contributed by atoms with Crippen molar-refractivity contribution >= 4 is 17.7 Å². The molecule has 13 nitrogen and oxygen atoms in total. The van der Waals surface area contributed by atoms with E-state index in [0.717, 1.165) is 28.1 Å². The first-order valence-corrected chi connectivity index (χ1v) is 15.6. The van der Waals surface area contributed by atoms with Gasteiger partial charge in [-0.2, -0.15) is 5.26 Å². The van der Waals surface area contributed by atoms with Gasteiger partial charge in [-0.15, -0.1) is 5.10 Å². The molecule has 5 rings (SSSR count). The SMILES string of the molecule is CC(C)NCCOCCOCc1cn(Cc2cccc3c2CN(C(=O)C[C@@H]2C[C@@H](C(=O)N4CC(F)(F)C[C@H]4C#N)NC2=O)C3)nn1. The van der Waals surface area contributed by atoms with Crippen molar-refractivity contribution in [2.75, 3.05) is 32.9 Å². The van der Waals surface area contributed by atoms with Crippen LogP contribution in [0.4, 0.5) is 8.78 Å². The molecule has 2 aromatic rings. The van der Waals surface area contributed by atoms with Gasteiger partial charge in [0.25, 0.3) is 5.92 Å². The zero-order chi connectivity index (χ0) is 32.8. The Balaban J connectivity index is 1.09. The highest BCUT2D eigenvalue weighted by atomic mass is 19.3. The summed E-state index contributed by atoms with van der Waals surface area (Å²) in [6.07, 6.45) is 0.998. The van der Waals surface area contributed by atoms with Crippen molar-refractivity contribution in [3.05, 3.63) is 46.8 Å². The lowest BCUT2D eigenvalue weighted by atomic mass is 9.99. The van der Waals surface area contributed by atoms with Gasteiger partial charge >= 0.3 is 0 Å². The number of nitrogens with one attached hydrogen (secondary N) is 2. The zero-order valence-corrected chi connectivity index (χ0v) is 26.1. The van der Waals surface area contributed by atoms with E-state index in [1.54, 1.807) is 15.7 Å². The van der Waals surface area contributed by atoms with Crippen molar-refractivity contribution in [2.24, 2.45) is 5.92 Å². The fourth-order valence-electron chi connectivity index (χ4n) is 6.07. The molecule has 0 saturated carbocycles. The number of benzene rings is 1. The number of likely N-dealkylation sites (tertiary alicyclic amines) is 1. The number of nitrogens with zero attached hydrogens (tertiary/aromatic N) is 6. The molecule has 2 saturated heterocycles. The minimum Gasteiger partial charge on any atom is -0.378 e. The number of ether oxygens (including phenoxy) is 2. The number of carbonyl (C=O) groups is 3. The third-order valence-electron chi connectivity index (χ3n) is 8.40. The van der Waals surface area contributed by atoms with Crippen molar-refractivity contribution in [1.82, 2.24) is 35.4 Å². The molecule has 1 aromatic carbocycles. The standard InChI is InChI=1S/C31H40F2N8O5/c1-20(2)35-6-7-45-8-9-46-18-24-16-40(38-37-24)15-22-5-3-4-21-14-39(17-26(21)22)28(42)11-23-10-27(36-29(23)43)30(44)41-19-31(32,33)12-25(41)13-34/h3-5,16,20,23,25,27,35H,6-12,14-15,17-19H2,1-2H3,(H,36,43)/t23-,25-,27-/m0/s1. The van der Waals surface area contributed by atoms with Gasteiger partial charge in [-0.1, -0.05) is 37.3 Å². The number of carbonyl (C=O) groups excluding carboxylic acids is 3. The van der Waals surface area contributed by atoms with E-state index in [1.165, 1.54) is 0 Å². The summed E-state index contributed by atoms with van der Waals surface area (Å²) < 4.78 is 40.6. The average Bonchev–Trinajstić information content (AvgIpc) is 3.80. The highest BCUT2D eigenvalue weighted by Gasteiger charge is 2.50. The second-order valence-corrected chi connectivity index (χ2v) is 12.4. The first-order valence-electron chi connectivity index (χ1n) is 15.6. The van der Waals surface area contributed by atoms with Gasteiger partial charge in [-0.05, 0) is 23.1 Å². The van der Waals surface area contributed by atoms with Crippen LogP contribution in [0.15, 0.2) is 24.4 Å². The van der Waals surface area contributed by atoms with Crippen molar-refractivity contribution in [2.45, 2.75) is 83.4 Å². The molecule has 0 bridgehead atoms. The van der Waals surface area contributed by atoms with Crippen LogP contribution >= 0.6 is 0 Å². The van der Waals surface area contributed by atoms with Crippen LogP contribution in [0.1, 0.15) is 55.5 Å². The number of alkyl halides is 2. The fourth-order valence-corrected chi connectivity index (χ4v) is 6.07. The van der Waals surface area contributed by atoms with Crippen molar-refractivity contribution in [3.63, 3.8) is 0 Å². The second kappa shape index (κ2) is 14.6. The molecule has 3 aliphatic heterocycles. The first-order chi connectivity index (χ1) is 22.0. The molecule has 2 N–H and O–H groups in total. The zero-order valence-electron chi connectivity index (χ0n) is 26.1. The Morgan fingerprint density at radius 1 is 1.22 bits per heavy atom. The van der Waals surface area contributed by atoms with Crippen LogP contribution in [-0.2, 0) is 50.1 Å². The van der Waals surface area contributed by atoms with E-state index in [9.17, 15) is 28.4 Å². The molecule has 0 unspecified atom stereocenters. The van der Waals surface area contributed by atoms with Gasteiger partial charge < -0.3 is 29.9 Å². The van der Waals surface area contributed by atoms with Crippen LogP contribution in [0, 0.1) is 17.2 Å². The van der Waals surface area contributed by atoms with Crippen LogP contribution in [0.3, 0.4) is 0 Å². The van der Waals surface area contributed by atoms with Gasteiger partial charge in [0.05, 0.1) is 51.8 Å². The molecule has 3 aliphatic rings. The van der Waals surface area contributed by atoms with Crippen LogP contribution in [-0.4, -0.2) is 99.5 Å². The molecule has 4 heterocycles. The van der Waals surface area contributed by atoms with Gasteiger partial charge in [0.1, 0.15) is 17.8 Å². The van der Waals surface area contributed by atoms with E-state index in [0.29, 0.717) is 57.8 Å². The monoisotopic (exact) mass is 642 g/mol. The minimum atomic E-state index is -3.15. The Bertz CT molecular complexity index is 1460. The molecule has 15 heteroatoms. The van der Waals surface area contributed by atoms with Gasteiger partial charge in [0, 0.05) is 44.4 Å². The summed E-state index contributed by atoms with van der Waals surface area (Å²) in [6.45, 7) is 7.18. The number of aromatic nitrogens is 3. The summed E-state index contributed by atoms with van der Waals surface area (Å²) >= 11 is 0. The molecule has 1 aromatic heterocycles. The Hall–Kier alpha value is -4.00. The number of hydrogen-bond donors (Lipinski definition) is 2. The summed E-state index contributed by atoms with van der Waals surface area (Å²) in [6, 6.07) is 5.75. The van der Waals surface area contributed by atoms with Gasteiger partial charge in [-0.25, -0.2) is 13.5 Å². The van der Waals surface area contributed by atoms with E-state index in [2.05, 4.69) is 34.8 Å². The Labute approximate surface area is 266 Å². The lowest BCUT2D eigenvalue weighted by Crippen LogP contribution is -2.46. The summed E-state index contributed by atoms with van der Waals surface area (Å²) in [4.78, 5) is 41.4. The topological polar surface area (TPSA) is 155 Å². The third kappa shape index (κ3) is 8.23. The number of fused-ring (bicyclic) bond motifs is 1. The highest BCUT2D eigenvalue weighted by Crippen LogP contribution is 2.34. The second-order valence-electron chi connectivity index (χ2n) is 12.4. The van der Waals surface area contributed by atoms with E-state index in [1.807, 2.05) is 24.4 Å². The maximum absolute atomic E-state index is 13.9. The van der Waals surface area contributed by atoms with Gasteiger partial charge in [0.2, 0.25) is 17.7 Å². The number of rotatable bonds is 14. The predicted octanol–water partition coefficient (Wildman–Crippen LogP) is 1.35. The summed E-state index contributed by atoms with van der Waals surface area (Å²) in [5, 5.41) is 23.5. The molecule has 0 spiro atoms. The van der Waals surface area contributed by atoms with E-state index >= 15 is 0 Å². The first kappa shape index (κ1) is 33.4. The lowest BCUT2D eigenvalue weighted by molar-refractivity contribution is -0.135. The largest absolute Gasteiger partial charge is 0.378 e. The fraction of sp³-hybridized carbons (Fsp3) is 0.613. The lowest BCUT2D eigenvalue weighted by Gasteiger charge is -2.22. The summed E-state index contributed by atoms with van der Waals surface area (Å²) in [5.41, 5.74) is 3.70. The Morgan fingerprint density at radius 3 is 2.80 bits per heavy atom.